The zero-order valence-corrected chi connectivity index (χ0v) is 16.2. The zero-order valence-electron chi connectivity index (χ0n) is 15.4. The van der Waals surface area contributed by atoms with Gasteiger partial charge in [-0.05, 0) is 18.4 Å². The Kier molecular flexibility index (Phi) is 6.17. The average molecular weight is 365 g/mol. The Morgan fingerprint density at radius 3 is 2.36 bits per heavy atom. The Bertz CT molecular complexity index is 585. The fourth-order valence-electron chi connectivity index (χ4n) is 3.59. The molecule has 0 amide bonds. The number of benzene rings is 1. The number of hydrazine groups is 1. The number of nitrogens with zero attached hydrogens (tertiary/aromatic N) is 2. The van der Waals surface area contributed by atoms with Gasteiger partial charge in [-0.25, -0.2) is 10.0 Å². The maximum Gasteiger partial charge on any atom is 0.170 e. The maximum atomic E-state index is 13.3. The van der Waals surface area contributed by atoms with Crippen LogP contribution in [0.3, 0.4) is 0 Å². The number of ether oxygens (including phenoxy) is 2. The highest BCUT2D eigenvalue weighted by atomic mass is 32.2. The topological polar surface area (TPSA) is 42.0 Å². The Morgan fingerprint density at radius 2 is 1.72 bits per heavy atom. The van der Waals surface area contributed by atoms with Crippen molar-refractivity contribution in [3.63, 3.8) is 0 Å². The lowest BCUT2D eigenvalue weighted by molar-refractivity contribution is -0.174. The Hall–Kier alpha value is -0.920. The van der Waals surface area contributed by atoms with E-state index in [1.165, 1.54) is 4.90 Å². The second-order valence-corrected chi connectivity index (χ2v) is 7.98. The molecule has 1 aromatic carbocycles. The van der Waals surface area contributed by atoms with Crippen LogP contribution in [0.15, 0.2) is 29.2 Å². The zero-order chi connectivity index (χ0) is 17.9. The lowest BCUT2D eigenvalue weighted by Crippen LogP contribution is -2.63. The van der Waals surface area contributed by atoms with Gasteiger partial charge in [0.1, 0.15) is 0 Å². The van der Waals surface area contributed by atoms with Gasteiger partial charge in [-0.3, -0.25) is 4.79 Å². The first kappa shape index (κ1) is 18.9. The molecule has 2 heterocycles. The van der Waals surface area contributed by atoms with Crippen molar-refractivity contribution in [2.45, 2.75) is 24.8 Å². The summed E-state index contributed by atoms with van der Waals surface area (Å²) in [6.07, 6.45) is 2.04. The van der Waals surface area contributed by atoms with E-state index >= 15 is 0 Å². The minimum atomic E-state index is -0.528. The van der Waals surface area contributed by atoms with E-state index in [1.54, 1.807) is 11.8 Å². The van der Waals surface area contributed by atoms with Gasteiger partial charge >= 0.3 is 0 Å². The molecule has 2 fully saturated rings. The molecule has 0 aliphatic carbocycles. The van der Waals surface area contributed by atoms with Crippen LogP contribution in [0.5, 0.6) is 0 Å². The van der Waals surface area contributed by atoms with Crippen molar-refractivity contribution in [2.24, 2.45) is 5.41 Å². The van der Waals surface area contributed by atoms with Gasteiger partial charge in [-0.15, -0.1) is 11.8 Å². The van der Waals surface area contributed by atoms with Crippen molar-refractivity contribution in [2.75, 3.05) is 52.3 Å². The molecule has 25 heavy (non-hydrogen) atoms. The maximum absolute atomic E-state index is 13.3. The second-order valence-electron chi connectivity index (χ2n) is 7.10. The highest BCUT2D eigenvalue weighted by Gasteiger charge is 2.44. The lowest BCUT2D eigenvalue weighted by Gasteiger charge is -2.49. The molecule has 0 N–H and O–H groups in total. The minimum Gasteiger partial charge on any atom is -0.379 e. The molecule has 5 nitrogen and oxygen atoms in total. The molecule has 2 aliphatic rings. The number of hydrogen-bond acceptors (Lipinski definition) is 6. The van der Waals surface area contributed by atoms with Crippen LogP contribution in [0, 0.1) is 5.41 Å². The van der Waals surface area contributed by atoms with Crippen LogP contribution in [0.1, 0.15) is 24.2 Å². The molecule has 6 heteroatoms. The third-order valence-electron chi connectivity index (χ3n) is 5.22. The summed E-state index contributed by atoms with van der Waals surface area (Å²) in [6, 6.07) is 7.96. The number of morpholine rings is 2. The predicted octanol–water partition coefficient (Wildman–Crippen LogP) is 2.57. The van der Waals surface area contributed by atoms with Crippen LogP contribution in [0.2, 0.25) is 0 Å². The summed E-state index contributed by atoms with van der Waals surface area (Å²) in [7, 11) is 0. The van der Waals surface area contributed by atoms with E-state index in [0.29, 0.717) is 13.2 Å². The van der Waals surface area contributed by atoms with Crippen molar-refractivity contribution >= 4 is 17.5 Å². The SMILES string of the molecule is CSc1ccc(C(=O)C(C)(C)C2COCCN2N2CCOCC2)cc1. The van der Waals surface area contributed by atoms with E-state index in [-0.39, 0.29) is 11.8 Å². The first-order chi connectivity index (χ1) is 12.0. The van der Waals surface area contributed by atoms with E-state index in [0.717, 1.165) is 38.4 Å². The van der Waals surface area contributed by atoms with Crippen molar-refractivity contribution in [1.82, 2.24) is 10.0 Å². The molecule has 0 bridgehead atoms. The molecule has 2 saturated heterocycles. The molecule has 3 rings (SSSR count). The average Bonchev–Trinajstić information content (AvgIpc) is 2.68. The Balaban J connectivity index is 1.80. The molecule has 1 aromatic rings. The molecule has 0 aromatic heterocycles. The molecular weight excluding hydrogens is 336 g/mol. The summed E-state index contributed by atoms with van der Waals surface area (Å²) in [5.74, 6) is 0.175. The molecule has 138 valence electrons. The number of thioether (sulfide) groups is 1. The normalized spacial score (nSPS) is 23.6. The van der Waals surface area contributed by atoms with E-state index in [9.17, 15) is 4.79 Å². The van der Waals surface area contributed by atoms with Gasteiger partial charge in [0.05, 0.1) is 32.5 Å². The summed E-state index contributed by atoms with van der Waals surface area (Å²) in [5, 5.41) is 4.68. The van der Waals surface area contributed by atoms with E-state index in [1.807, 2.05) is 44.4 Å². The van der Waals surface area contributed by atoms with E-state index in [4.69, 9.17) is 9.47 Å². The smallest absolute Gasteiger partial charge is 0.170 e. The van der Waals surface area contributed by atoms with Gasteiger partial charge < -0.3 is 9.47 Å². The Morgan fingerprint density at radius 1 is 1.08 bits per heavy atom. The standard InChI is InChI=1S/C19H28N2O3S/c1-19(2,18(22)15-4-6-16(25-3)7-5-15)17-14-24-13-10-21(17)20-8-11-23-12-9-20/h4-7,17H,8-14H2,1-3H3. The van der Waals surface area contributed by atoms with Gasteiger partial charge in [0.25, 0.3) is 0 Å². The number of rotatable bonds is 5. The van der Waals surface area contributed by atoms with Crippen molar-refractivity contribution in [3.05, 3.63) is 29.8 Å². The highest BCUT2D eigenvalue weighted by molar-refractivity contribution is 7.98. The molecular formula is C19H28N2O3S. The lowest BCUT2D eigenvalue weighted by atomic mass is 9.77. The minimum absolute atomic E-state index is 0.0343. The third kappa shape index (κ3) is 4.09. The summed E-state index contributed by atoms with van der Waals surface area (Å²) in [5.41, 5.74) is 0.245. The summed E-state index contributed by atoms with van der Waals surface area (Å²) in [6.45, 7) is 9.46. The van der Waals surface area contributed by atoms with Crippen LogP contribution >= 0.6 is 11.8 Å². The number of Topliss-reactive ketones (excluding diaryl/α,β-unsaturated/α-hetero) is 1. The molecule has 1 unspecified atom stereocenters. The summed E-state index contributed by atoms with van der Waals surface area (Å²) >= 11 is 1.69. The third-order valence-corrected chi connectivity index (χ3v) is 5.97. The molecule has 0 radical (unpaired) electrons. The molecule has 2 aliphatic heterocycles. The first-order valence-electron chi connectivity index (χ1n) is 8.90. The van der Waals surface area contributed by atoms with Crippen LogP contribution < -0.4 is 0 Å². The van der Waals surface area contributed by atoms with Crippen LogP contribution in [-0.4, -0.2) is 74.2 Å². The number of carbonyl (C=O) groups excluding carboxylic acids is 1. The van der Waals surface area contributed by atoms with Gasteiger partial charge in [0.15, 0.2) is 5.78 Å². The van der Waals surface area contributed by atoms with Crippen LogP contribution in [-0.2, 0) is 9.47 Å². The molecule has 0 saturated carbocycles. The predicted molar refractivity (Wildman–Crippen MR) is 100 cm³/mol. The van der Waals surface area contributed by atoms with Gasteiger partial charge in [0.2, 0.25) is 0 Å². The highest BCUT2D eigenvalue weighted by Crippen LogP contribution is 2.33. The monoisotopic (exact) mass is 364 g/mol. The Labute approximate surface area is 154 Å². The summed E-state index contributed by atoms with van der Waals surface area (Å²) < 4.78 is 11.2. The van der Waals surface area contributed by atoms with E-state index in [2.05, 4.69) is 10.0 Å². The van der Waals surface area contributed by atoms with Gasteiger partial charge in [-0.2, -0.15) is 0 Å². The van der Waals surface area contributed by atoms with Crippen LogP contribution in [0.4, 0.5) is 0 Å². The molecule has 1 atom stereocenters. The van der Waals surface area contributed by atoms with Crippen LogP contribution in [0.25, 0.3) is 0 Å². The summed E-state index contributed by atoms with van der Waals surface area (Å²) in [4.78, 5) is 14.4. The van der Waals surface area contributed by atoms with Crippen molar-refractivity contribution in [1.29, 1.82) is 0 Å². The fraction of sp³-hybridized carbons (Fsp3) is 0.632. The van der Waals surface area contributed by atoms with Crippen molar-refractivity contribution < 1.29 is 14.3 Å². The number of ketones is 1. The molecule has 0 spiro atoms. The largest absolute Gasteiger partial charge is 0.379 e. The van der Waals surface area contributed by atoms with Gasteiger partial charge in [-0.1, -0.05) is 26.0 Å². The van der Waals surface area contributed by atoms with Crippen molar-refractivity contribution in [3.8, 4) is 0 Å². The van der Waals surface area contributed by atoms with Gasteiger partial charge in [0, 0.05) is 35.5 Å². The quantitative estimate of drug-likeness (QED) is 0.591. The second kappa shape index (κ2) is 8.18. The number of hydrogen-bond donors (Lipinski definition) is 0. The van der Waals surface area contributed by atoms with E-state index < -0.39 is 5.41 Å². The first-order valence-corrected chi connectivity index (χ1v) is 10.1. The fourth-order valence-corrected chi connectivity index (χ4v) is 4.00. The number of carbonyl (C=O) groups is 1.